The van der Waals surface area contributed by atoms with E-state index in [1.807, 2.05) is 0 Å². The maximum atomic E-state index is 12.4. The van der Waals surface area contributed by atoms with Crippen molar-refractivity contribution in [3.63, 3.8) is 0 Å². The number of esters is 1. The van der Waals surface area contributed by atoms with E-state index in [9.17, 15) is 19.8 Å². The summed E-state index contributed by atoms with van der Waals surface area (Å²) in [5.74, 6) is -0.0117. The number of ether oxygens (including phenoxy) is 1. The Hall–Kier alpha value is -1.14. The Balaban J connectivity index is 3.31. The molecule has 2 unspecified atom stereocenters. The Morgan fingerprint density at radius 1 is 0.343 bits per heavy atom. The van der Waals surface area contributed by atoms with Crippen LogP contribution in [0.3, 0.4) is 0 Å². The molecule has 0 aromatic rings. The number of unbranched alkanes of at least 4 members (excludes halogenated alkanes) is 50. The van der Waals surface area contributed by atoms with Crippen LogP contribution < -0.4 is 5.32 Å². The SMILES string of the molecule is CCCCCCCCCCCCCCCCCCCCC(=O)OCCCCCCCCCCCCCCCCCCCCCCCCCCC(=O)NC(CO)C(O)CCCCCCCCCCCCC. The molecule has 0 spiro atoms. The van der Waals surface area contributed by atoms with Gasteiger partial charge in [-0.3, -0.25) is 9.59 Å². The largest absolute Gasteiger partial charge is 0.466 e. The van der Waals surface area contributed by atoms with Crippen molar-refractivity contribution in [1.82, 2.24) is 5.32 Å². The molecule has 0 aliphatic carbocycles. The third kappa shape index (κ3) is 56.2. The minimum Gasteiger partial charge on any atom is -0.466 e. The second-order valence-corrected chi connectivity index (χ2v) is 22.5. The summed E-state index contributed by atoms with van der Waals surface area (Å²) in [6.45, 7) is 4.98. The predicted molar refractivity (Wildman–Crippen MR) is 306 cm³/mol. The third-order valence-electron chi connectivity index (χ3n) is 15.4. The first-order valence-electron chi connectivity index (χ1n) is 32.3. The highest BCUT2D eigenvalue weighted by Crippen LogP contribution is 2.19. The van der Waals surface area contributed by atoms with Gasteiger partial charge in [0, 0.05) is 12.8 Å². The van der Waals surface area contributed by atoms with Gasteiger partial charge in [-0.05, 0) is 25.7 Å². The maximum absolute atomic E-state index is 12.4. The zero-order valence-electron chi connectivity index (χ0n) is 47.8. The Kier molecular flexibility index (Phi) is 59.4. The van der Waals surface area contributed by atoms with E-state index in [1.54, 1.807) is 0 Å². The normalized spacial score (nSPS) is 12.5. The van der Waals surface area contributed by atoms with Crippen LogP contribution in [0.1, 0.15) is 373 Å². The first-order chi connectivity index (χ1) is 34.5. The average Bonchev–Trinajstić information content (AvgIpc) is 3.36. The van der Waals surface area contributed by atoms with E-state index in [4.69, 9.17) is 4.74 Å². The van der Waals surface area contributed by atoms with Gasteiger partial charge in [0.25, 0.3) is 0 Å². The van der Waals surface area contributed by atoms with Crippen LogP contribution >= 0.6 is 0 Å². The number of aliphatic hydroxyl groups excluding tert-OH is 2. The monoisotopic (exact) mass is 990 g/mol. The molecule has 6 nitrogen and oxygen atoms in total. The molecule has 418 valence electrons. The van der Waals surface area contributed by atoms with E-state index in [0.717, 1.165) is 38.5 Å². The lowest BCUT2D eigenvalue weighted by Gasteiger charge is -2.22. The summed E-state index contributed by atoms with van der Waals surface area (Å²) < 4.78 is 5.51. The van der Waals surface area contributed by atoms with Crippen molar-refractivity contribution in [3.05, 3.63) is 0 Å². The van der Waals surface area contributed by atoms with Crippen LogP contribution in [-0.4, -0.2) is 47.4 Å². The molecule has 2 atom stereocenters. The fourth-order valence-corrected chi connectivity index (χ4v) is 10.5. The number of aliphatic hydroxyl groups is 2. The molecule has 6 heteroatoms. The van der Waals surface area contributed by atoms with Crippen LogP contribution in [0, 0.1) is 0 Å². The number of carbonyl (C=O) groups is 2. The smallest absolute Gasteiger partial charge is 0.305 e. The lowest BCUT2D eigenvalue weighted by atomic mass is 10.0. The first-order valence-corrected chi connectivity index (χ1v) is 32.3. The summed E-state index contributed by atoms with van der Waals surface area (Å²) in [4.78, 5) is 24.5. The molecular weight excluding hydrogens is 863 g/mol. The van der Waals surface area contributed by atoms with Crippen molar-refractivity contribution in [2.24, 2.45) is 0 Å². The van der Waals surface area contributed by atoms with Crippen molar-refractivity contribution < 1.29 is 24.5 Å². The highest BCUT2D eigenvalue weighted by Gasteiger charge is 2.20. The lowest BCUT2D eigenvalue weighted by Crippen LogP contribution is -2.45. The molecule has 0 saturated heterocycles. The predicted octanol–water partition coefficient (Wildman–Crippen LogP) is 20.3. The fraction of sp³-hybridized carbons (Fsp3) is 0.969. The number of hydrogen-bond donors (Lipinski definition) is 3. The average molecular weight is 991 g/mol. The molecular formula is C64H127NO5. The molecule has 0 aromatic carbocycles. The van der Waals surface area contributed by atoms with Crippen molar-refractivity contribution in [1.29, 1.82) is 0 Å². The summed E-state index contributed by atoms with van der Waals surface area (Å²) in [5, 5.41) is 23.2. The third-order valence-corrected chi connectivity index (χ3v) is 15.4. The molecule has 0 rings (SSSR count). The van der Waals surface area contributed by atoms with E-state index < -0.39 is 12.1 Å². The van der Waals surface area contributed by atoms with Gasteiger partial charge in [0.2, 0.25) is 5.91 Å². The topological polar surface area (TPSA) is 95.9 Å². The summed E-state index contributed by atoms with van der Waals surface area (Å²) in [6.07, 6.45) is 71.3. The van der Waals surface area contributed by atoms with Gasteiger partial charge in [-0.25, -0.2) is 0 Å². The van der Waals surface area contributed by atoms with E-state index in [2.05, 4.69) is 19.2 Å². The Morgan fingerprint density at radius 3 is 0.871 bits per heavy atom. The van der Waals surface area contributed by atoms with E-state index in [0.29, 0.717) is 25.9 Å². The first kappa shape index (κ1) is 68.9. The summed E-state index contributed by atoms with van der Waals surface area (Å²) in [5.41, 5.74) is 0. The van der Waals surface area contributed by atoms with Crippen molar-refractivity contribution >= 4 is 11.9 Å². The molecule has 3 N–H and O–H groups in total. The van der Waals surface area contributed by atoms with Gasteiger partial charge in [-0.1, -0.05) is 335 Å². The molecule has 0 aromatic heterocycles. The standard InChI is InChI=1S/C64H127NO5/c1-3-5-7-9-11-13-15-16-17-18-28-31-34-38-42-46-50-54-58-64(69)70-59-55-51-47-43-39-35-32-29-26-24-22-20-19-21-23-25-27-30-33-37-41-45-49-53-57-63(68)65-61(60-66)62(67)56-52-48-44-40-36-14-12-10-8-6-4-2/h61-62,66-67H,3-60H2,1-2H3,(H,65,68). The van der Waals surface area contributed by atoms with Crippen LogP contribution in [0.5, 0.6) is 0 Å². The van der Waals surface area contributed by atoms with Gasteiger partial charge in [0.05, 0.1) is 25.4 Å². The molecule has 0 heterocycles. The van der Waals surface area contributed by atoms with Crippen LogP contribution in [0.2, 0.25) is 0 Å². The minimum atomic E-state index is -0.661. The molecule has 0 radical (unpaired) electrons. The Morgan fingerprint density at radius 2 is 0.586 bits per heavy atom. The molecule has 0 fully saturated rings. The van der Waals surface area contributed by atoms with Crippen molar-refractivity contribution in [2.45, 2.75) is 386 Å². The van der Waals surface area contributed by atoms with Crippen LogP contribution in [0.15, 0.2) is 0 Å². The molecule has 0 saturated carbocycles. The van der Waals surface area contributed by atoms with Gasteiger partial charge in [-0.15, -0.1) is 0 Å². The van der Waals surface area contributed by atoms with Crippen LogP contribution in [0.4, 0.5) is 0 Å². The number of amides is 1. The van der Waals surface area contributed by atoms with E-state index in [-0.39, 0.29) is 18.5 Å². The summed E-state index contributed by atoms with van der Waals surface area (Å²) in [6, 6.07) is -0.538. The Labute approximate surface area is 438 Å². The summed E-state index contributed by atoms with van der Waals surface area (Å²) >= 11 is 0. The van der Waals surface area contributed by atoms with Gasteiger partial charge >= 0.3 is 5.97 Å². The summed E-state index contributed by atoms with van der Waals surface area (Å²) in [7, 11) is 0. The molecule has 0 aliphatic rings. The zero-order valence-corrected chi connectivity index (χ0v) is 47.8. The molecule has 0 bridgehead atoms. The molecule has 1 amide bonds. The number of nitrogens with one attached hydrogen (secondary N) is 1. The van der Waals surface area contributed by atoms with Crippen molar-refractivity contribution in [3.8, 4) is 0 Å². The number of carbonyl (C=O) groups excluding carboxylic acids is 2. The molecule has 0 aliphatic heterocycles. The minimum absolute atomic E-state index is 0.0208. The number of rotatable bonds is 61. The quantitative estimate of drug-likeness (QED) is 0.0417. The zero-order chi connectivity index (χ0) is 50.7. The molecule has 70 heavy (non-hydrogen) atoms. The van der Waals surface area contributed by atoms with Crippen molar-refractivity contribution in [2.75, 3.05) is 13.2 Å². The highest BCUT2D eigenvalue weighted by atomic mass is 16.5. The van der Waals surface area contributed by atoms with Gasteiger partial charge in [-0.2, -0.15) is 0 Å². The second-order valence-electron chi connectivity index (χ2n) is 22.5. The van der Waals surface area contributed by atoms with Gasteiger partial charge in [0.15, 0.2) is 0 Å². The van der Waals surface area contributed by atoms with Gasteiger partial charge < -0.3 is 20.3 Å². The second kappa shape index (κ2) is 60.4. The Bertz CT molecular complexity index is 1010. The van der Waals surface area contributed by atoms with E-state index in [1.165, 1.54) is 302 Å². The van der Waals surface area contributed by atoms with Gasteiger partial charge in [0.1, 0.15) is 0 Å². The van der Waals surface area contributed by atoms with Crippen LogP contribution in [-0.2, 0) is 14.3 Å². The highest BCUT2D eigenvalue weighted by molar-refractivity contribution is 5.76. The van der Waals surface area contributed by atoms with Crippen LogP contribution in [0.25, 0.3) is 0 Å². The fourth-order valence-electron chi connectivity index (χ4n) is 10.5. The number of hydrogen-bond acceptors (Lipinski definition) is 5. The maximum Gasteiger partial charge on any atom is 0.305 e. The lowest BCUT2D eigenvalue weighted by molar-refractivity contribution is -0.143. The van der Waals surface area contributed by atoms with E-state index >= 15 is 0 Å².